The molecule has 0 spiro atoms. The van der Waals surface area contributed by atoms with Crippen molar-refractivity contribution in [2.75, 3.05) is 11.1 Å². The number of nitrogen functional groups attached to an aromatic ring is 1. The van der Waals surface area contributed by atoms with Gasteiger partial charge in [0, 0.05) is 16.9 Å². The third-order valence-electron chi connectivity index (χ3n) is 2.53. The summed E-state index contributed by atoms with van der Waals surface area (Å²) in [7, 11) is 0. The second-order valence-electron chi connectivity index (χ2n) is 4.02. The van der Waals surface area contributed by atoms with Gasteiger partial charge in [0.05, 0.1) is 5.69 Å². The Hall–Kier alpha value is -2.55. The Kier molecular flexibility index (Phi) is 3.48. The summed E-state index contributed by atoms with van der Waals surface area (Å²) in [5.74, 6) is -0.0544. The highest BCUT2D eigenvalue weighted by Gasteiger charge is 2.09. The van der Waals surface area contributed by atoms with Crippen molar-refractivity contribution in [3.05, 3.63) is 46.9 Å². The number of hydrogen-bond acceptors (Lipinski definition) is 6. The number of hydrogen-bond donors (Lipinski definition) is 2. The second kappa shape index (κ2) is 5.44. The van der Waals surface area contributed by atoms with Crippen molar-refractivity contribution in [1.82, 2.24) is 24.7 Å². The fourth-order valence-electron chi connectivity index (χ4n) is 1.64. The molecule has 3 rings (SSSR count). The molecule has 9 heteroatoms. The number of nitrogens with two attached hydrogens (primary N) is 1. The predicted octanol–water partition coefficient (Wildman–Crippen LogP) is 2.28. The summed E-state index contributed by atoms with van der Waals surface area (Å²) in [5, 5.41) is 6.77. The zero-order valence-electron chi connectivity index (χ0n) is 10.5. The lowest BCUT2D eigenvalue weighted by molar-refractivity contribution is 0.630. The van der Waals surface area contributed by atoms with Crippen molar-refractivity contribution in [3.63, 3.8) is 0 Å². The summed E-state index contributed by atoms with van der Waals surface area (Å²) < 4.78 is 15.9. The minimum Gasteiger partial charge on any atom is -0.368 e. The number of nitrogens with zero attached hydrogens (tertiary/aromatic N) is 5. The molecule has 2 heterocycles. The fourth-order valence-corrected chi connectivity index (χ4v) is 1.97. The molecule has 3 aromatic rings. The highest BCUT2D eigenvalue weighted by atomic mass is 79.9. The van der Waals surface area contributed by atoms with Gasteiger partial charge in [-0.05, 0) is 24.3 Å². The topological polar surface area (TPSA) is 94.5 Å². The molecule has 0 aliphatic rings. The van der Waals surface area contributed by atoms with Crippen LogP contribution >= 0.6 is 15.9 Å². The van der Waals surface area contributed by atoms with E-state index in [1.54, 1.807) is 30.6 Å². The lowest BCUT2D eigenvalue weighted by atomic mass is 10.3. The Labute approximate surface area is 127 Å². The van der Waals surface area contributed by atoms with Crippen LogP contribution in [0.25, 0.3) is 5.95 Å². The molecule has 21 heavy (non-hydrogen) atoms. The Bertz CT molecular complexity index is 775. The number of aromatic nitrogens is 5. The molecule has 0 atom stereocenters. The molecule has 0 saturated heterocycles. The number of anilines is 3. The van der Waals surface area contributed by atoms with E-state index in [1.807, 2.05) is 0 Å². The highest BCUT2D eigenvalue weighted by molar-refractivity contribution is 9.10. The van der Waals surface area contributed by atoms with Gasteiger partial charge < -0.3 is 11.1 Å². The maximum Gasteiger partial charge on any atom is 0.257 e. The average Bonchev–Trinajstić information content (AvgIpc) is 2.95. The molecule has 2 aromatic heterocycles. The first-order valence-electron chi connectivity index (χ1n) is 5.85. The highest BCUT2D eigenvalue weighted by Crippen LogP contribution is 2.22. The van der Waals surface area contributed by atoms with Gasteiger partial charge in [-0.15, -0.1) is 0 Å². The van der Waals surface area contributed by atoms with Crippen molar-refractivity contribution in [2.24, 2.45) is 0 Å². The van der Waals surface area contributed by atoms with E-state index in [4.69, 9.17) is 5.73 Å². The molecule has 0 amide bonds. The quantitative estimate of drug-likeness (QED) is 0.753. The summed E-state index contributed by atoms with van der Waals surface area (Å²) >= 11 is 3.19. The molecule has 0 fully saturated rings. The van der Waals surface area contributed by atoms with Crippen LogP contribution in [0.1, 0.15) is 0 Å². The van der Waals surface area contributed by atoms with E-state index in [2.05, 4.69) is 41.3 Å². The summed E-state index contributed by atoms with van der Waals surface area (Å²) in [6.45, 7) is 0. The van der Waals surface area contributed by atoms with Crippen LogP contribution in [0.3, 0.4) is 0 Å². The van der Waals surface area contributed by atoms with Crippen LogP contribution in [0.2, 0.25) is 0 Å². The molecule has 0 aliphatic carbocycles. The van der Waals surface area contributed by atoms with Gasteiger partial charge in [-0.1, -0.05) is 15.9 Å². The minimum absolute atomic E-state index is 0.00974. The molecular weight excluding hydrogens is 341 g/mol. The summed E-state index contributed by atoms with van der Waals surface area (Å²) in [4.78, 5) is 12.0. The molecule has 0 aliphatic heterocycles. The molecule has 0 saturated carbocycles. The van der Waals surface area contributed by atoms with Gasteiger partial charge in [-0.25, -0.2) is 9.07 Å². The van der Waals surface area contributed by atoms with E-state index in [-0.39, 0.29) is 23.5 Å². The van der Waals surface area contributed by atoms with Gasteiger partial charge in [0.15, 0.2) is 0 Å². The maximum absolute atomic E-state index is 13.8. The molecule has 1 aromatic carbocycles. The van der Waals surface area contributed by atoms with Crippen LogP contribution in [0.5, 0.6) is 0 Å². The first-order chi connectivity index (χ1) is 10.1. The SMILES string of the molecule is Nc1nc(Nc2ccc(Br)cc2F)nc(-n2cccn2)n1. The number of halogens is 2. The van der Waals surface area contributed by atoms with Gasteiger partial charge in [0.2, 0.25) is 11.9 Å². The Balaban J connectivity index is 1.95. The molecule has 3 N–H and O–H groups in total. The third kappa shape index (κ3) is 2.97. The van der Waals surface area contributed by atoms with Gasteiger partial charge >= 0.3 is 0 Å². The lowest BCUT2D eigenvalue weighted by Gasteiger charge is -2.08. The van der Waals surface area contributed by atoms with Crippen molar-refractivity contribution < 1.29 is 4.39 Å². The Morgan fingerprint density at radius 2 is 2.10 bits per heavy atom. The van der Waals surface area contributed by atoms with Crippen LogP contribution < -0.4 is 11.1 Å². The van der Waals surface area contributed by atoms with Crippen LogP contribution in [-0.4, -0.2) is 24.7 Å². The zero-order valence-corrected chi connectivity index (χ0v) is 12.1. The summed E-state index contributed by atoms with van der Waals surface area (Å²) in [5.41, 5.74) is 5.87. The first kappa shape index (κ1) is 13.4. The van der Waals surface area contributed by atoms with E-state index in [9.17, 15) is 4.39 Å². The Morgan fingerprint density at radius 1 is 1.24 bits per heavy atom. The largest absolute Gasteiger partial charge is 0.368 e. The van der Waals surface area contributed by atoms with Crippen LogP contribution in [0, 0.1) is 5.82 Å². The van der Waals surface area contributed by atoms with Gasteiger partial charge in [-0.2, -0.15) is 20.1 Å². The first-order valence-corrected chi connectivity index (χ1v) is 6.65. The fraction of sp³-hybridized carbons (Fsp3) is 0. The monoisotopic (exact) mass is 349 g/mol. The second-order valence-corrected chi connectivity index (χ2v) is 4.93. The van der Waals surface area contributed by atoms with Gasteiger partial charge in [0.1, 0.15) is 5.82 Å². The van der Waals surface area contributed by atoms with Crippen molar-refractivity contribution in [2.45, 2.75) is 0 Å². The normalized spacial score (nSPS) is 10.6. The van der Waals surface area contributed by atoms with Crippen LogP contribution in [0.4, 0.5) is 22.0 Å². The van der Waals surface area contributed by atoms with Gasteiger partial charge in [0.25, 0.3) is 5.95 Å². The number of nitrogens with one attached hydrogen (secondary N) is 1. The third-order valence-corrected chi connectivity index (χ3v) is 3.02. The van der Waals surface area contributed by atoms with Crippen molar-refractivity contribution in [3.8, 4) is 5.95 Å². The standard InChI is InChI=1S/C12H9BrFN7/c13-7-2-3-9(8(14)6-7)17-11-18-10(15)19-12(20-11)21-5-1-4-16-21/h1-6H,(H3,15,17,18,19,20). The summed E-state index contributed by atoms with van der Waals surface area (Å²) in [6.07, 6.45) is 3.25. The molecule has 7 nitrogen and oxygen atoms in total. The van der Waals surface area contributed by atoms with Crippen molar-refractivity contribution in [1.29, 1.82) is 0 Å². The van der Waals surface area contributed by atoms with Gasteiger partial charge in [-0.3, -0.25) is 0 Å². The van der Waals surface area contributed by atoms with E-state index in [1.165, 1.54) is 10.7 Å². The molecule has 106 valence electrons. The molecule has 0 radical (unpaired) electrons. The van der Waals surface area contributed by atoms with E-state index >= 15 is 0 Å². The number of benzene rings is 1. The summed E-state index contributed by atoms with van der Waals surface area (Å²) in [6, 6.07) is 6.32. The smallest absolute Gasteiger partial charge is 0.257 e. The Morgan fingerprint density at radius 3 is 2.81 bits per heavy atom. The molecular formula is C12H9BrFN7. The predicted molar refractivity (Wildman–Crippen MR) is 78.7 cm³/mol. The van der Waals surface area contributed by atoms with Crippen molar-refractivity contribution >= 4 is 33.5 Å². The zero-order chi connectivity index (χ0) is 14.8. The molecule has 0 unspecified atom stereocenters. The van der Waals surface area contributed by atoms with Crippen LogP contribution in [0.15, 0.2) is 41.1 Å². The minimum atomic E-state index is -0.441. The number of rotatable bonds is 3. The maximum atomic E-state index is 13.8. The van der Waals surface area contributed by atoms with Crippen LogP contribution in [-0.2, 0) is 0 Å². The van der Waals surface area contributed by atoms with E-state index in [0.29, 0.717) is 4.47 Å². The average molecular weight is 350 g/mol. The molecule has 0 bridgehead atoms. The lowest BCUT2D eigenvalue weighted by Crippen LogP contribution is -2.09. The van der Waals surface area contributed by atoms with E-state index < -0.39 is 5.82 Å². The van der Waals surface area contributed by atoms with E-state index in [0.717, 1.165) is 0 Å².